The minimum Gasteiger partial charge on any atom is -0.507 e. The number of fused-ring (bicyclic) bond motifs is 3. The van der Waals surface area contributed by atoms with Crippen molar-refractivity contribution in [1.29, 1.82) is 0 Å². The van der Waals surface area contributed by atoms with Crippen LogP contribution >= 0.6 is 0 Å². The van der Waals surface area contributed by atoms with Gasteiger partial charge in [0.25, 0.3) is 0 Å². The highest BCUT2D eigenvalue weighted by molar-refractivity contribution is 5.86. The van der Waals surface area contributed by atoms with Crippen LogP contribution in [0.5, 0.6) is 11.5 Å². The number of aromatic hydroxyl groups is 2. The van der Waals surface area contributed by atoms with E-state index in [2.05, 4.69) is 0 Å². The highest BCUT2D eigenvalue weighted by atomic mass is 16.3. The highest BCUT2D eigenvalue weighted by Gasteiger charge is 2.19. The Hall–Kier alpha value is -1.70. The first-order valence-corrected chi connectivity index (χ1v) is 4.23. The first kappa shape index (κ1) is 6.78. The number of phenols is 2. The van der Waals surface area contributed by atoms with Crippen LogP contribution in [-0.4, -0.2) is 10.2 Å². The van der Waals surface area contributed by atoms with Gasteiger partial charge in [-0.2, -0.15) is 0 Å². The van der Waals surface area contributed by atoms with E-state index in [1.54, 1.807) is 0 Å². The third-order valence-corrected chi connectivity index (χ3v) is 2.67. The lowest BCUT2D eigenvalue weighted by Crippen LogP contribution is -2.25. The van der Waals surface area contributed by atoms with Crippen LogP contribution in [0.3, 0.4) is 0 Å². The fraction of sp³-hybridized carbons (Fsp3) is 0.0909. The number of benzene rings is 1. The summed E-state index contributed by atoms with van der Waals surface area (Å²) in [5.74, 6) is 0.532. The zero-order chi connectivity index (χ0) is 9.00. The summed E-state index contributed by atoms with van der Waals surface area (Å²) >= 11 is 0. The van der Waals surface area contributed by atoms with Gasteiger partial charge in [0, 0.05) is 10.4 Å². The van der Waals surface area contributed by atoms with E-state index in [1.165, 1.54) is 12.1 Å². The summed E-state index contributed by atoms with van der Waals surface area (Å²) in [6.07, 6.45) is 4.84. The van der Waals surface area contributed by atoms with E-state index in [0.29, 0.717) is 0 Å². The molecule has 0 unspecified atom stereocenters. The number of allylic oxidation sites excluding steroid dienone is 2. The molecule has 2 aliphatic carbocycles. The molecule has 0 heterocycles. The maximum atomic E-state index is 9.60. The quantitative estimate of drug-likeness (QED) is 0.555. The van der Waals surface area contributed by atoms with E-state index in [4.69, 9.17) is 0 Å². The second kappa shape index (κ2) is 1.96. The van der Waals surface area contributed by atoms with Crippen molar-refractivity contribution in [2.24, 2.45) is 0 Å². The minimum atomic E-state index is 0.266. The van der Waals surface area contributed by atoms with Crippen molar-refractivity contribution in [3.63, 3.8) is 0 Å². The zero-order valence-electron chi connectivity index (χ0n) is 6.91. The van der Waals surface area contributed by atoms with Crippen LogP contribution in [0.4, 0.5) is 0 Å². The lowest BCUT2D eigenvalue weighted by molar-refractivity contribution is 0.452. The summed E-state index contributed by atoms with van der Waals surface area (Å²) in [6, 6.07) is 3.08. The SMILES string of the molecule is Oc1ccc(O)c2c1=C1C=CC=2C1. The maximum absolute atomic E-state index is 9.60. The average Bonchev–Trinajstić information content (AvgIpc) is 2.70. The molecule has 0 aliphatic heterocycles. The van der Waals surface area contributed by atoms with Gasteiger partial charge < -0.3 is 10.2 Å². The molecule has 2 heteroatoms. The molecule has 64 valence electrons. The molecule has 3 rings (SSSR count). The van der Waals surface area contributed by atoms with Gasteiger partial charge in [0.15, 0.2) is 0 Å². The largest absolute Gasteiger partial charge is 0.507 e. The van der Waals surface area contributed by atoms with Crippen molar-refractivity contribution in [3.8, 4) is 11.5 Å². The molecule has 2 aliphatic rings. The van der Waals surface area contributed by atoms with Crippen molar-refractivity contribution in [3.05, 3.63) is 34.7 Å². The molecular weight excluding hydrogens is 164 g/mol. The Labute approximate surface area is 74.8 Å². The summed E-state index contributed by atoms with van der Waals surface area (Å²) in [4.78, 5) is 0. The summed E-state index contributed by atoms with van der Waals surface area (Å²) < 4.78 is 0. The molecule has 0 aromatic heterocycles. The van der Waals surface area contributed by atoms with Crippen LogP contribution in [0.25, 0.3) is 11.1 Å². The third-order valence-electron chi connectivity index (χ3n) is 2.67. The van der Waals surface area contributed by atoms with Gasteiger partial charge >= 0.3 is 0 Å². The Kier molecular flexibility index (Phi) is 1.02. The highest BCUT2D eigenvalue weighted by Crippen LogP contribution is 2.27. The van der Waals surface area contributed by atoms with Crippen molar-refractivity contribution in [1.82, 2.24) is 0 Å². The summed E-state index contributed by atoms with van der Waals surface area (Å²) in [7, 11) is 0. The van der Waals surface area contributed by atoms with Crippen molar-refractivity contribution in [2.75, 3.05) is 0 Å². The molecule has 2 bridgehead atoms. The number of hydrogen-bond acceptors (Lipinski definition) is 2. The average molecular weight is 172 g/mol. The predicted molar refractivity (Wildman–Crippen MR) is 49.6 cm³/mol. The number of hydrogen-bond donors (Lipinski definition) is 2. The molecule has 0 fully saturated rings. The fourth-order valence-corrected chi connectivity index (χ4v) is 2.10. The van der Waals surface area contributed by atoms with Crippen molar-refractivity contribution >= 4 is 11.1 Å². The molecule has 0 spiro atoms. The van der Waals surface area contributed by atoms with Crippen LogP contribution in [0.1, 0.15) is 6.42 Å². The van der Waals surface area contributed by atoms with Gasteiger partial charge in [-0.05, 0) is 29.7 Å². The monoisotopic (exact) mass is 172 g/mol. The number of rotatable bonds is 0. The molecule has 0 saturated carbocycles. The van der Waals surface area contributed by atoms with Crippen LogP contribution in [0.15, 0.2) is 24.3 Å². The lowest BCUT2D eigenvalue weighted by atomic mass is 10.1. The summed E-state index contributed by atoms with van der Waals surface area (Å²) in [5.41, 5.74) is 2.22. The van der Waals surface area contributed by atoms with Gasteiger partial charge in [-0.1, -0.05) is 12.2 Å². The maximum Gasteiger partial charge on any atom is 0.123 e. The molecule has 0 atom stereocenters. The zero-order valence-corrected chi connectivity index (χ0v) is 6.91. The Bertz CT molecular complexity index is 501. The van der Waals surface area contributed by atoms with E-state index in [0.717, 1.165) is 28.0 Å². The third kappa shape index (κ3) is 0.680. The van der Waals surface area contributed by atoms with Gasteiger partial charge in [0.1, 0.15) is 11.5 Å². The van der Waals surface area contributed by atoms with Gasteiger partial charge in [0.2, 0.25) is 0 Å². The standard InChI is InChI=1S/C11H8O2/c12-8-3-4-9(13)11-7-2-1-6(5-7)10(8)11/h1-4,12-13H,5H2. The second-order valence-electron chi connectivity index (χ2n) is 3.41. The topological polar surface area (TPSA) is 40.5 Å². The van der Waals surface area contributed by atoms with Crippen LogP contribution in [0.2, 0.25) is 0 Å². The Morgan fingerprint density at radius 2 is 1.31 bits per heavy atom. The predicted octanol–water partition coefficient (Wildman–Crippen LogP) is 0.373. The smallest absolute Gasteiger partial charge is 0.123 e. The van der Waals surface area contributed by atoms with E-state index in [9.17, 15) is 10.2 Å². The van der Waals surface area contributed by atoms with Crippen molar-refractivity contribution < 1.29 is 10.2 Å². The van der Waals surface area contributed by atoms with Gasteiger partial charge in [-0.3, -0.25) is 0 Å². The first-order valence-electron chi connectivity index (χ1n) is 4.23. The van der Waals surface area contributed by atoms with Crippen LogP contribution in [-0.2, 0) is 0 Å². The summed E-state index contributed by atoms with van der Waals surface area (Å²) in [6.45, 7) is 0. The number of phenolic OH excluding ortho intramolecular Hbond substituents is 2. The molecule has 0 saturated heterocycles. The molecule has 2 N–H and O–H groups in total. The lowest BCUT2D eigenvalue weighted by Gasteiger charge is -1.99. The minimum absolute atomic E-state index is 0.266. The van der Waals surface area contributed by atoms with Crippen LogP contribution < -0.4 is 10.4 Å². The Balaban J connectivity index is 2.68. The Morgan fingerprint density at radius 3 is 1.77 bits per heavy atom. The molecule has 13 heavy (non-hydrogen) atoms. The molecule has 0 amide bonds. The summed E-state index contributed by atoms with van der Waals surface area (Å²) in [5, 5.41) is 20.8. The van der Waals surface area contributed by atoms with Crippen LogP contribution in [0, 0.1) is 0 Å². The molecule has 1 aromatic carbocycles. The van der Waals surface area contributed by atoms with Crippen molar-refractivity contribution in [2.45, 2.75) is 6.42 Å². The van der Waals surface area contributed by atoms with E-state index < -0.39 is 0 Å². The molecule has 0 radical (unpaired) electrons. The first-order chi connectivity index (χ1) is 6.27. The Morgan fingerprint density at radius 1 is 0.846 bits per heavy atom. The van der Waals surface area contributed by atoms with E-state index >= 15 is 0 Å². The normalized spacial score (nSPS) is 16.9. The fourth-order valence-electron chi connectivity index (χ4n) is 2.10. The van der Waals surface area contributed by atoms with Gasteiger partial charge in [-0.15, -0.1) is 0 Å². The molecule has 2 nitrogen and oxygen atoms in total. The molecular formula is C11H8O2. The second-order valence-corrected chi connectivity index (χ2v) is 3.41. The van der Waals surface area contributed by atoms with E-state index in [1.807, 2.05) is 12.2 Å². The van der Waals surface area contributed by atoms with Gasteiger partial charge in [0.05, 0.1) is 0 Å². The van der Waals surface area contributed by atoms with Gasteiger partial charge in [-0.25, -0.2) is 0 Å². The van der Waals surface area contributed by atoms with E-state index in [-0.39, 0.29) is 11.5 Å². The molecule has 1 aromatic rings.